The summed E-state index contributed by atoms with van der Waals surface area (Å²) >= 11 is 1.72. The van der Waals surface area contributed by atoms with Gasteiger partial charge in [-0.15, -0.1) is 11.3 Å². The van der Waals surface area contributed by atoms with Gasteiger partial charge in [0.25, 0.3) is 0 Å². The Labute approximate surface area is 83.0 Å². The molecule has 1 nitrogen and oxygen atoms in total. The van der Waals surface area contributed by atoms with Crippen LogP contribution in [0.5, 0.6) is 0 Å². The van der Waals surface area contributed by atoms with E-state index in [1.807, 2.05) is 6.07 Å². The van der Waals surface area contributed by atoms with Gasteiger partial charge in [-0.1, -0.05) is 18.9 Å². The molecule has 0 saturated heterocycles. The lowest BCUT2D eigenvalue weighted by Crippen LogP contribution is -2.05. The third-order valence-corrected chi connectivity index (χ3v) is 3.82. The summed E-state index contributed by atoms with van der Waals surface area (Å²) in [6.07, 6.45) is 5.12. The third kappa shape index (κ3) is 1.76. The first kappa shape index (κ1) is 8.77. The zero-order chi connectivity index (χ0) is 9.10. The molecule has 13 heavy (non-hydrogen) atoms. The number of nitriles is 1. The molecule has 2 rings (SSSR count). The molecular formula is C11H13NS. The van der Waals surface area contributed by atoms with Gasteiger partial charge in [0.1, 0.15) is 0 Å². The lowest BCUT2D eigenvalue weighted by molar-refractivity contribution is 0.506. The van der Waals surface area contributed by atoms with Gasteiger partial charge in [0.15, 0.2) is 0 Å². The number of rotatable bonds is 2. The van der Waals surface area contributed by atoms with E-state index >= 15 is 0 Å². The summed E-state index contributed by atoms with van der Waals surface area (Å²) in [6, 6.07) is 6.59. The maximum atomic E-state index is 9.11. The predicted octanol–water partition coefficient (Wildman–Crippen LogP) is 3.55. The highest BCUT2D eigenvalue weighted by Crippen LogP contribution is 2.38. The molecule has 1 aromatic rings. The molecule has 68 valence electrons. The van der Waals surface area contributed by atoms with Crippen molar-refractivity contribution in [3.05, 3.63) is 22.4 Å². The van der Waals surface area contributed by atoms with Crippen molar-refractivity contribution < 1.29 is 0 Å². The molecule has 0 amide bonds. The Kier molecular flexibility index (Phi) is 2.65. The Morgan fingerprint density at radius 2 is 2.23 bits per heavy atom. The van der Waals surface area contributed by atoms with Crippen molar-refractivity contribution in [2.75, 3.05) is 0 Å². The molecule has 0 bridgehead atoms. The summed E-state index contributed by atoms with van der Waals surface area (Å²) in [5.41, 5.74) is 0. The van der Waals surface area contributed by atoms with Crippen molar-refractivity contribution >= 4 is 11.3 Å². The number of nitrogens with zero attached hydrogens (tertiary/aromatic N) is 1. The topological polar surface area (TPSA) is 23.8 Å². The second-order valence-electron chi connectivity index (χ2n) is 3.67. The van der Waals surface area contributed by atoms with Crippen LogP contribution >= 0.6 is 11.3 Å². The second kappa shape index (κ2) is 3.93. The molecule has 1 aliphatic carbocycles. The molecule has 1 unspecified atom stereocenters. The molecule has 1 saturated carbocycles. The van der Waals surface area contributed by atoms with E-state index in [0.29, 0.717) is 5.92 Å². The van der Waals surface area contributed by atoms with E-state index in [9.17, 15) is 0 Å². The molecule has 0 radical (unpaired) electrons. The summed E-state index contributed by atoms with van der Waals surface area (Å²) < 4.78 is 0. The van der Waals surface area contributed by atoms with E-state index in [4.69, 9.17) is 5.26 Å². The Balaban J connectivity index is 2.14. The number of thiophene rings is 1. The minimum atomic E-state index is 0.169. The average molecular weight is 191 g/mol. The van der Waals surface area contributed by atoms with Gasteiger partial charge in [-0.25, -0.2) is 0 Å². The van der Waals surface area contributed by atoms with E-state index in [1.165, 1.54) is 30.6 Å². The van der Waals surface area contributed by atoms with Crippen molar-refractivity contribution in [1.82, 2.24) is 0 Å². The highest BCUT2D eigenvalue weighted by molar-refractivity contribution is 7.10. The molecule has 0 aliphatic heterocycles. The Morgan fingerprint density at radius 3 is 2.77 bits per heavy atom. The standard InChI is InChI=1S/C11H13NS/c12-8-10(9-4-1-2-5-9)11-6-3-7-13-11/h3,6-7,9-10H,1-2,4-5H2. The molecule has 1 aromatic heterocycles. The van der Waals surface area contributed by atoms with Crippen LogP contribution in [0, 0.1) is 17.2 Å². The molecule has 1 heterocycles. The second-order valence-corrected chi connectivity index (χ2v) is 4.65. The molecule has 2 heteroatoms. The molecule has 1 aliphatic rings. The highest BCUT2D eigenvalue weighted by atomic mass is 32.1. The van der Waals surface area contributed by atoms with Crippen LogP contribution in [0.2, 0.25) is 0 Å². The first-order chi connectivity index (χ1) is 6.42. The van der Waals surface area contributed by atoms with E-state index in [1.54, 1.807) is 11.3 Å². The minimum Gasteiger partial charge on any atom is -0.198 e. The number of hydrogen-bond donors (Lipinski definition) is 0. The van der Waals surface area contributed by atoms with Crippen LogP contribution in [0.4, 0.5) is 0 Å². The predicted molar refractivity (Wildman–Crippen MR) is 54.6 cm³/mol. The summed E-state index contributed by atoms with van der Waals surface area (Å²) in [4.78, 5) is 1.26. The Bertz CT molecular complexity index is 290. The van der Waals surface area contributed by atoms with Crippen LogP contribution in [-0.4, -0.2) is 0 Å². The first-order valence-electron chi connectivity index (χ1n) is 4.85. The van der Waals surface area contributed by atoms with Gasteiger partial charge in [-0.2, -0.15) is 5.26 Å². The monoisotopic (exact) mass is 191 g/mol. The molecule has 1 atom stereocenters. The maximum Gasteiger partial charge on any atom is 0.0834 e. The summed E-state index contributed by atoms with van der Waals surface area (Å²) in [5.74, 6) is 0.797. The normalized spacial score (nSPS) is 19.9. The summed E-state index contributed by atoms with van der Waals surface area (Å²) in [5, 5.41) is 11.2. The lowest BCUT2D eigenvalue weighted by Gasteiger charge is -2.13. The molecule has 0 aromatic carbocycles. The average Bonchev–Trinajstić information content (AvgIpc) is 2.76. The van der Waals surface area contributed by atoms with Crippen LogP contribution in [0.25, 0.3) is 0 Å². The van der Waals surface area contributed by atoms with Crippen molar-refractivity contribution in [2.24, 2.45) is 5.92 Å². The lowest BCUT2D eigenvalue weighted by atomic mass is 9.91. The maximum absolute atomic E-state index is 9.11. The molecular weight excluding hydrogens is 178 g/mol. The fourth-order valence-corrected chi connectivity index (χ4v) is 3.02. The zero-order valence-corrected chi connectivity index (χ0v) is 8.39. The highest BCUT2D eigenvalue weighted by Gasteiger charge is 2.26. The first-order valence-corrected chi connectivity index (χ1v) is 5.73. The van der Waals surface area contributed by atoms with E-state index in [-0.39, 0.29) is 5.92 Å². The number of hydrogen-bond acceptors (Lipinski definition) is 2. The van der Waals surface area contributed by atoms with E-state index in [2.05, 4.69) is 17.5 Å². The zero-order valence-electron chi connectivity index (χ0n) is 7.57. The quantitative estimate of drug-likeness (QED) is 0.701. The molecule has 0 N–H and O–H groups in total. The van der Waals surface area contributed by atoms with Crippen LogP contribution in [-0.2, 0) is 0 Å². The van der Waals surface area contributed by atoms with Gasteiger partial charge in [0.2, 0.25) is 0 Å². The molecule has 0 spiro atoms. The van der Waals surface area contributed by atoms with Gasteiger partial charge in [-0.05, 0) is 30.2 Å². The van der Waals surface area contributed by atoms with Crippen LogP contribution in [0.1, 0.15) is 36.5 Å². The summed E-state index contributed by atoms with van der Waals surface area (Å²) in [7, 11) is 0. The van der Waals surface area contributed by atoms with Gasteiger partial charge in [0.05, 0.1) is 12.0 Å². The largest absolute Gasteiger partial charge is 0.198 e. The fraction of sp³-hybridized carbons (Fsp3) is 0.545. The van der Waals surface area contributed by atoms with Gasteiger partial charge in [0, 0.05) is 4.88 Å². The minimum absolute atomic E-state index is 0.169. The van der Waals surface area contributed by atoms with Crippen molar-refractivity contribution in [1.29, 1.82) is 5.26 Å². The van der Waals surface area contributed by atoms with E-state index < -0.39 is 0 Å². The van der Waals surface area contributed by atoms with Crippen LogP contribution in [0.3, 0.4) is 0 Å². The smallest absolute Gasteiger partial charge is 0.0834 e. The van der Waals surface area contributed by atoms with Crippen molar-refractivity contribution in [2.45, 2.75) is 31.6 Å². The van der Waals surface area contributed by atoms with Crippen molar-refractivity contribution in [3.8, 4) is 6.07 Å². The molecule has 1 fully saturated rings. The van der Waals surface area contributed by atoms with Gasteiger partial charge in [-0.3, -0.25) is 0 Å². The van der Waals surface area contributed by atoms with Gasteiger partial charge >= 0.3 is 0 Å². The van der Waals surface area contributed by atoms with Crippen LogP contribution in [0.15, 0.2) is 17.5 Å². The van der Waals surface area contributed by atoms with Crippen molar-refractivity contribution in [3.63, 3.8) is 0 Å². The third-order valence-electron chi connectivity index (χ3n) is 2.86. The summed E-state index contributed by atoms with van der Waals surface area (Å²) in [6.45, 7) is 0. The van der Waals surface area contributed by atoms with E-state index in [0.717, 1.165) is 0 Å². The SMILES string of the molecule is N#CC(c1cccs1)C1CCCC1. The Hall–Kier alpha value is -0.810. The Morgan fingerprint density at radius 1 is 1.46 bits per heavy atom. The van der Waals surface area contributed by atoms with Crippen LogP contribution < -0.4 is 0 Å². The van der Waals surface area contributed by atoms with Gasteiger partial charge < -0.3 is 0 Å². The fourth-order valence-electron chi connectivity index (χ4n) is 2.16.